The van der Waals surface area contributed by atoms with Crippen LogP contribution in [0.5, 0.6) is 0 Å². The predicted octanol–water partition coefficient (Wildman–Crippen LogP) is 4.13. The molecular weight excluding hydrogens is 258 g/mol. The Morgan fingerprint density at radius 3 is 2.79 bits per heavy atom. The van der Waals surface area contributed by atoms with Gasteiger partial charge in [0.1, 0.15) is 0 Å². The van der Waals surface area contributed by atoms with E-state index in [9.17, 15) is 0 Å². The van der Waals surface area contributed by atoms with Crippen LogP contribution in [0.4, 0.5) is 0 Å². The van der Waals surface area contributed by atoms with Crippen molar-refractivity contribution in [3.8, 4) is 0 Å². The molecule has 3 heteroatoms. The van der Waals surface area contributed by atoms with E-state index in [1.165, 1.54) is 14.2 Å². The van der Waals surface area contributed by atoms with Crippen molar-refractivity contribution in [1.82, 2.24) is 5.32 Å². The number of hydrogen-bond donors (Lipinski definition) is 1. The lowest BCUT2D eigenvalue weighted by atomic mass is 10.1. The molecule has 1 aromatic heterocycles. The van der Waals surface area contributed by atoms with Crippen molar-refractivity contribution in [1.29, 1.82) is 0 Å². The quantitative estimate of drug-likeness (QED) is 0.796. The van der Waals surface area contributed by atoms with E-state index < -0.39 is 0 Å². The number of thiophene rings is 1. The fraction of sp³-hybridized carbons (Fsp3) is 0.455. The monoisotopic (exact) mass is 273 g/mol. The molecule has 1 rings (SSSR count). The lowest BCUT2D eigenvalue weighted by molar-refractivity contribution is 0.557. The first-order valence-corrected chi connectivity index (χ1v) is 6.31. The van der Waals surface area contributed by atoms with Gasteiger partial charge in [-0.25, -0.2) is 0 Å². The van der Waals surface area contributed by atoms with Gasteiger partial charge in [0.25, 0.3) is 0 Å². The maximum absolute atomic E-state index is 3.93. The second-order valence-electron chi connectivity index (χ2n) is 3.48. The summed E-state index contributed by atoms with van der Waals surface area (Å²) in [5, 5.41) is 3.34. The SMILES string of the molecule is C=C(C)CCC(NC)c1ccc(Br)s1. The second kappa shape index (κ2) is 5.69. The minimum atomic E-state index is 0.461. The van der Waals surface area contributed by atoms with Gasteiger partial charge in [0.2, 0.25) is 0 Å². The van der Waals surface area contributed by atoms with Crippen LogP contribution in [0.1, 0.15) is 30.7 Å². The second-order valence-corrected chi connectivity index (χ2v) is 5.97. The molecule has 0 radical (unpaired) electrons. The van der Waals surface area contributed by atoms with Crippen molar-refractivity contribution in [2.24, 2.45) is 0 Å². The van der Waals surface area contributed by atoms with Gasteiger partial charge in [-0.1, -0.05) is 5.57 Å². The maximum Gasteiger partial charge on any atom is 0.0701 e. The highest BCUT2D eigenvalue weighted by Crippen LogP contribution is 2.29. The molecule has 0 aromatic carbocycles. The van der Waals surface area contributed by atoms with Gasteiger partial charge in [0.15, 0.2) is 0 Å². The molecule has 1 atom stereocenters. The van der Waals surface area contributed by atoms with Crippen LogP contribution >= 0.6 is 27.3 Å². The third-order valence-electron chi connectivity index (χ3n) is 2.15. The number of rotatable bonds is 5. The van der Waals surface area contributed by atoms with E-state index in [1.807, 2.05) is 7.05 Å². The van der Waals surface area contributed by atoms with E-state index in [2.05, 4.69) is 46.9 Å². The first kappa shape index (κ1) is 12.0. The highest BCUT2D eigenvalue weighted by atomic mass is 79.9. The van der Waals surface area contributed by atoms with Crippen LogP contribution in [0.3, 0.4) is 0 Å². The Bertz CT molecular complexity index is 306. The molecule has 0 saturated carbocycles. The maximum atomic E-state index is 3.93. The molecule has 0 aliphatic heterocycles. The van der Waals surface area contributed by atoms with Crippen LogP contribution in [-0.4, -0.2) is 7.05 Å². The van der Waals surface area contributed by atoms with Crippen LogP contribution in [0.2, 0.25) is 0 Å². The molecule has 0 amide bonds. The van der Waals surface area contributed by atoms with Gasteiger partial charge >= 0.3 is 0 Å². The van der Waals surface area contributed by atoms with Gasteiger partial charge in [-0.15, -0.1) is 17.9 Å². The molecule has 1 heterocycles. The molecule has 1 nitrogen and oxygen atoms in total. The molecule has 14 heavy (non-hydrogen) atoms. The summed E-state index contributed by atoms with van der Waals surface area (Å²) in [6, 6.07) is 4.74. The molecule has 0 aliphatic carbocycles. The molecule has 0 fully saturated rings. The summed E-state index contributed by atoms with van der Waals surface area (Å²) < 4.78 is 1.20. The summed E-state index contributed by atoms with van der Waals surface area (Å²) in [5.74, 6) is 0. The zero-order valence-electron chi connectivity index (χ0n) is 8.64. The van der Waals surface area contributed by atoms with Gasteiger partial charge in [0, 0.05) is 10.9 Å². The number of nitrogens with one attached hydrogen (secondary N) is 1. The summed E-state index contributed by atoms with van der Waals surface area (Å²) in [6.07, 6.45) is 2.21. The zero-order valence-corrected chi connectivity index (χ0v) is 11.0. The van der Waals surface area contributed by atoms with Gasteiger partial charge in [-0.3, -0.25) is 0 Å². The summed E-state index contributed by atoms with van der Waals surface area (Å²) in [6.45, 7) is 6.01. The number of halogens is 1. The fourth-order valence-corrected chi connectivity index (χ4v) is 2.90. The van der Waals surface area contributed by atoms with Gasteiger partial charge < -0.3 is 5.32 Å². The van der Waals surface area contributed by atoms with E-state index in [-0.39, 0.29) is 0 Å². The number of allylic oxidation sites excluding steroid dienone is 1. The summed E-state index contributed by atoms with van der Waals surface area (Å²) in [5.41, 5.74) is 1.25. The van der Waals surface area contributed by atoms with Crippen molar-refractivity contribution >= 4 is 27.3 Å². The third-order valence-corrected chi connectivity index (χ3v) is 3.88. The molecule has 1 aromatic rings. The molecule has 1 N–H and O–H groups in total. The fourth-order valence-electron chi connectivity index (χ4n) is 1.34. The van der Waals surface area contributed by atoms with Crippen molar-refractivity contribution in [2.75, 3.05) is 7.05 Å². The summed E-state index contributed by atoms with van der Waals surface area (Å²) in [4.78, 5) is 1.39. The minimum Gasteiger partial charge on any atom is -0.312 e. The van der Waals surface area contributed by atoms with E-state index in [4.69, 9.17) is 0 Å². The van der Waals surface area contributed by atoms with Crippen molar-refractivity contribution in [3.63, 3.8) is 0 Å². The Balaban J connectivity index is 2.58. The van der Waals surface area contributed by atoms with Crippen LogP contribution in [-0.2, 0) is 0 Å². The highest BCUT2D eigenvalue weighted by molar-refractivity contribution is 9.11. The molecule has 78 valence electrons. The average molecular weight is 274 g/mol. The van der Waals surface area contributed by atoms with Crippen molar-refractivity contribution < 1.29 is 0 Å². The van der Waals surface area contributed by atoms with Crippen molar-refractivity contribution in [2.45, 2.75) is 25.8 Å². The zero-order chi connectivity index (χ0) is 10.6. The standard InChI is InChI=1S/C11H16BrNS/c1-8(2)4-5-9(13-3)10-6-7-11(12)14-10/h6-7,9,13H,1,4-5H2,2-3H3. The van der Waals surface area contributed by atoms with E-state index in [0.717, 1.165) is 12.8 Å². The third kappa shape index (κ3) is 3.56. The van der Waals surface area contributed by atoms with Crippen LogP contribution in [0.25, 0.3) is 0 Å². The molecule has 0 spiro atoms. The molecule has 0 saturated heterocycles. The Hall–Kier alpha value is -0.120. The van der Waals surface area contributed by atoms with Gasteiger partial charge in [-0.2, -0.15) is 0 Å². The Kier molecular flexibility index (Phi) is 4.85. The molecular formula is C11H16BrNS. The Morgan fingerprint density at radius 2 is 2.36 bits per heavy atom. The van der Waals surface area contributed by atoms with Crippen LogP contribution in [0.15, 0.2) is 28.1 Å². The smallest absolute Gasteiger partial charge is 0.0701 e. The lowest BCUT2D eigenvalue weighted by Gasteiger charge is -2.13. The van der Waals surface area contributed by atoms with Crippen LogP contribution in [0, 0.1) is 0 Å². The van der Waals surface area contributed by atoms with Gasteiger partial charge in [0.05, 0.1) is 3.79 Å². The summed E-state index contributed by atoms with van der Waals surface area (Å²) >= 11 is 5.28. The van der Waals surface area contributed by atoms with E-state index >= 15 is 0 Å². The van der Waals surface area contributed by atoms with E-state index in [0.29, 0.717) is 6.04 Å². The van der Waals surface area contributed by atoms with E-state index in [1.54, 1.807) is 11.3 Å². The van der Waals surface area contributed by atoms with Crippen molar-refractivity contribution in [3.05, 3.63) is 32.9 Å². The normalized spacial score (nSPS) is 12.8. The predicted molar refractivity (Wildman–Crippen MR) is 67.9 cm³/mol. The molecule has 1 unspecified atom stereocenters. The van der Waals surface area contributed by atoms with Gasteiger partial charge in [-0.05, 0) is 54.9 Å². The first-order valence-electron chi connectivity index (χ1n) is 4.70. The Labute approximate surface area is 98.4 Å². The topological polar surface area (TPSA) is 12.0 Å². The molecule has 0 aliphatic rings. The molecule has 0 bridgehead atoms. The summed E-state index contributed by atoms with van der Waals surface area (Å²) in [7, 11) is 2.01. The minimum absolute atomic E-state index is 0.461. The lowest BCUT2D eigenvalue weighted by Crippen LogP contribution is -2.14. The first-order chi connectivity index (χ1) is 6.63. The largest absolute Gasteiger partial charge is 0.312 e. The Morgan fingerprint density at radius 1 is 1.64 bits per heavy atom. The van der Waals surface area contributed by atoms with Crippen LogP contribution < -0.4 is 5.32 Å². The number of hydrogen-bond acceptors (Lipinski definition) is 2. The average Bonchev–Trinajstić information content (AvgIpc) is 2.53. The highest BCUT2D eigenvalue weighted by Gasteiger charge is 2.10.